The molecule has 2 heterocycles. The van der Waals surface area contributed by atoms with Crippen molar-refractivity contribution in [1.82, 2.24) is 25.4 Å². The molecule has 2 aromatic rings. The van der Waals surface area contributed by atoms with Gasteiger partial charge in [0.15, 0.2) is 0 Å². The molecule has 1 aromatic heterocycles. The van der Waals surface area contributed by atoms with Crippen LogP contribution in [0.15, 0.2) is 60.1 Å². The van der Waals surface area contributed by atoms with E-state index in [2.05, 4.69) is 27.4 Å². The topological polar surface area (TPSA) is 77.6 Å². The second kappa shape index (κ2) is 13.9. The first kappa shape index (κ1) is 29.7. The normalized spacial score (nSPS) is 17.0. The molecule has 1 aliphatic carbocycles. The van der Waals surface area contributed by atoms with Gasteiger partial charge >= 0.3 is 6.03 Å². The van der Waals surface area contributed by atoms with Crippen LogP contribution < -0.4 is 10.6 Å². The number of carbonyl (C=O) groups is 2. The number of rotatable bonds is 9. The highest BCUT2D eigenvalue weighted by molar-refractivity contribution is 6.29. The van der Waals surface area contributed by atoms with Gasteiger partial charge in [-0.15, -0.1) is 0 Å². The van der Waals surface area contributed by atoms with Crippen LogP contribution in [0, 0.1) is 13.8 Å². The number of pyridine rings is 1. The highest BCUT2D eigenvalue weighted by atomic mass is 35.5. The summed E-state index contributed by atoms with van der Waals surface area (Å²) in [5.41, 5.74) is 3.42. The van der Waals surface area contributed by atoms with Crippen molar-refractivity contribution in [1.29, 1.82) is 0 Å². The first-order valence-electron chi connectivity index (χ1n) is 14.1. The van der Waals surface area contributed by atoms with Gasteiger partial charge in [-0.2, -0.15) is 0 Å². The van der Waals surface area contributed by atoms with E-state index in [1.807, 2.05) is 42.2 Å². The molecule has 214 valence electrons. The van der Waals surface area contributed by atoms with Crippen molar-refractivity contribution in [2.75, 3.05) is 19.6 Å². The molecule has 1 aliphatic heterocycles. The standard InChI is InChI=1S/C31H39ClFN5O2/c1-21-19-28(32)35-23(3)29(21)30(39)34-16-13-22(2)37-17-14-25(15-18-37)38(20-24-9-5-4-6-10-24)31(40)36-27-12-8-7-11-26(27)33/h4-7,9-11,19,22,25H,8,12-18,20H2,1-3H3,(H,34,39)(H,36,40). The van der Waals surface area contributed by atoms with Crippen LogP contribution in [0.4, 0.5) is 9.18 Å². The Morgan fingerprint density at radius 3 is 2.60 bits per heavy atom. The summed E-state index contributed by atoms with van der Waals surface area (Å²) in [5, 5.41) is 6.28. The number of nitrogens with zero attached hydrogens (tertiary/aromatic N) is 3. The lowest BCUT2D eigenvalue weighted by atomic mass is 10.00. The molecule has 1 aromatic carbocycles. The van der Waals surface area contributed by atoms with Crippen LogP contribution in [0.3, 0.4) is 0 Å². The predicted molar refractivity (Wildman–Crippen MR) is 157 cm³/mol. The molecule has 1 atom stereocenters. The molecule has 2 N–H and O–H groups in total. The maximum Gasteiger partial charge on any atom is 0.322 e. The summed E-state index contributed by atoms with van der Waals surface area (Å²) in [5.74, 6) is -0.500. The number of hydrogen-bond donors (Lipinski definition) is 2. The van der Waals surface area contributed by atoms with E-state index in [9.17, 15) is 14.0 Å². The zero-order chi connectivity index (χ0) is 28.6. The number of likely N-dealkylation sites (tertiary alicyclic amines) is 1. The van der Waals surface area contributed by atoms with Gasteiger partial charge in [0.1, 0.15) is 11.0 Å². The van der Waals surface area contributed by atoms with Crippen LogP contribution in [0.25, 0.3) is 0 Å². The maximum absolute atomic E-state index is 14.3. The molecule has 1 saturated heterocycles. The number of aromatic nitrogens is 1. The number of piperidine rings is 1. The summed E-state index contributed by atoms with van der Waals surface area (Å²) in [7, 11) is 0. The summed E-state index contributed by atoms with van der Waals surface area (Å²) < 4.78 is 14.3. The minimum absolute atomic E-state index is 0.0505. The monoisotopic (exact) mass is 567 g/mol. The molecule has 9 heteroatoms. The first-order chi connectivity index (χ1) is 19.2. The van der Waals surface area contributed by atoms with E-state index in [1.54, 1.807) is 19.1 Å². The number of aryl methyl sites for hydroxylation is 2. The van der Waals surface area contributed by atoms with Gasteiger partial charge in [0.2, 0.25) is 0 Å². The van der Waals surface area contributed by atoms with Crippen molar-refractivity contribution in [3.63, 3.8) is 0 Å². The van der Waals surface area contributed by atoms with E-state index in [4.69, 9.17) is 11.6 Å². The maximum atomic E-state index is 14.3. The Hall–Kier alpha value is -3.23. The summed E-state index contributed by atoms with van der Waals surface area (Å²) in [6, 6.07) is 11.7. The second-order valence-electron chi connectivity index (χ2n) is 10.7. The van der Waals surface area contributed by atoms with Crippen molar-refractivity contribution in [2.24, 2.45) is 0 Å². The van der Waals surface area contributed by atoms with Crippen molar-refractivity contribution >= 4 is 23.5 Å². The highest BCUT2D eigenvalue weighted by Crippen LogP contribution is 2.24. The Kier molecular flexibility index (Phi) is 10.3. The van der Waals surface area contributed by atoms with Gasteiger partial charge in [-0.3, -0.25) is 4.79 Å². The number of nitrogens with one attached hydrogen (secondary N) is 2. The zero-order valence-electron chi connectivity index (χ0n) is 23.6. The van der Waals surface area contributed by atoms with Gasteiger partial charge in [0, 0.05) is 38.3 Å². The summed E-state index contributed by atoms with van der Waals surface area (Å²) in [4.78, 5) is 34.6. The van der Waals surface area contributed by atoms with Crippen LogP contribution in [0.5, 0.6) is 0 Å². The third-order valence-corrected chi connectivity index (χ3v) is 8.03. The molecule has 1 fully saturated rings. The van der Waals surface area contributed by atoms with Crippen molar-refractivity contribution in [3.8, 4) is 0 Å². The molecule has 0 radical (unpaired) electrons. The largest absolute Gasteiger partial charge is 0.352 e. The van der Waals surface area contributed by atoms with E-state index in [-0.39, 0.29) is 29.8 Å². The summed E-state index contributed by atoms with van der Waals surface area (Å²) >= 11 is 6.00. The number of halogens is 2. The fourth-order valence-corrected chi connectivity index (χ4v) is 5.83. The van der Waals surface area contributed by atoms with Gasteiger partial charge in [-0.1, -0.05) is 48.0 Å². The van der Waals surface area contributed by atoms with Gasteiger partial charge < -0.3 is 20.4 Å². The Morgan fingerprint density at radius 2 is 1.93 bits per heavy atom. The SMILES string of the molecule is Cc1cc(Cl)nc(C)c1C(=O)NCCC(C)N1CCC(N(Cc2ccccc2)C(=O)NC2=C(F)C=CCC2)CC1. The van der Waals surface area contributed by atoms with E-state index in [0.717, 1.165) is 43.5 Å². The van der Waals surface area contributed by atoms with Crippen LogP contribution in [0.2, 0.25) is 5.15 Å². The Labute approximate surface area is 241 Å². The van der Waals surface area contributed by atoms with Crippen LogP contribution >= 0.6 is 11.6 Å². The van der Waals surface area contributed by atoms with Crippen LogP contribution in [0.1, 0.15) is 66.2 Å². The molecule has 0 saturated carbocycles. The van der Waals surface area contributed by atoms with Gasteiger partial charge in [0.05, 0.1) is 17.0 Å². The lowest BCUT2D eigenvalue weighted by Gasteiger charge is -2.41. The third-order valence-electron chi connectivity index (χ3n) is 7.83. The fraction of sp³-hybridized carbons (Fsp3) is 0.452. The molecular formula is C31H39ClFN5O2. The third kappa shape index (κ3) is 7.70. The second-order valence-corrected chi connectivity index (χ2v) is 11.1. The fourth-order valence-electron chi connectivity index (χ4n) is 5.54. The number of benzene rings is 1. The molecular weight excluding hydrogens is 529 g/mol. The highest BCUT2D eigenvalue weighted by Gasteiger charge is 2.30. The van der Waals surface area contributed by atoms with Gasteiger partial charge in [0.25, 0.3) is 5.91 Å². The van der Waals surface area contributed by atoms with Crippen LogP contribution in [-0.2, 0) is 6.54 Å². The number of carbonyl (C=O) groups excluding carboxylic acids is 2. The molecule has 1 unspecified atom stereocenters. The lowest BCUT2D eigenvalue weighted by molar-refractivity contribution is 0.0906. The van der Waals surface area contributed by atoms with Crippen LogP contribution in [-0.4, -0.2) is 58.4 Å². The molecule has 7 nitrogen and oxygen atoms in total. The quantitative estimate of drug-likeness (QED) is 0.361. The smallest absolute Gasteiger partial charge is 0.322 e. The van der Waals surface area contributed by atoms with Crippen molar-refractivity contribution in [3.05, 3.63) is 87.6 Å². The summed E-state index contributed by atoms with van der Waals surface area (Å²) in [6.45, 7) is 8.55. The summed E-state index contributed by atoms with van der Waals surface area (Å²) in [6.07, 6.45) is 6.89. The van der Waals surface area contributed by atoms with E-state index >= 15 is 0 Å². The molecule has 3 amide bonds. The Balaban J connectivity index is 1.32. The van der Waals surface area contributed by atoms with Gasteiger partial charge in [-0.25, -0.2) is 14.2 Å². The van der Waals surface area contributed by atoms with E-state index in [1.165, 1.54) is 6.08 Å². The Morgan fingerprint density at radius 1 is 1.20 bits per heavy atom. The molecule has 0 spiro atoms. The number of urea groups is 1. The Bertz CT molecular complexity index is 1230. The average molecular weight is 568 g/mol. The van der Waals surface area contributed by atoms with Crippen molar-refractivity contribution < 1.29 is 14.0 Å². The number of amides is 3. The molecule has 4 rings (SSSR count). The minimum atomic E-state index is -0.368. The molecule has 0 bridgehead atoms. The first-order valence-corrected chi connectivity index (χ1v) is 14.4. The van der Waals surface area contributed by atoms with E-state index < -0.39 is 0 Å². The number of hydrogen-bond acceptors (Lipinski definition) is 4. The van der Waals surface area contributed by atoms with Crippen molar-refractivity contribution in [2.45, 2.75) is 71.5 Å². The van der Waals surface area contributed by atoms with E-state index in [0.29, 0.717) is 48.0 Å². The average Bonchev–Trinajstić information content (AvgIpc) is 2.93. The predicted octanol–water partition coefficient (Wildman–Crippen LogP) is 6.07. The number of allylic oxidation sites excluding steroid dienone is 4. The molecule has 2 aliphatic rings. The lowest BCUT2D eigenvalue weighted by Crippen LogP contribution is -2.51. The zero-order valence-corrected chi connectivity index (χ0v) is 24.3. The minimum Gasteiger partial charge on any atom is -0.352 e. The molecule has 40 heavy (non-hydrogen) atoms. The van der Waals surface area contributed by atoms with Gasteiger partial charge in [-0.05, 0) is 76.1 Å².